The maximum Gasteiger partial charge on any atom is 0.343 e. The topological polar surface area (TPSA) is 35.5 Å². The molecule has 3 nitrogen and oxygen atoms in total. The second-order valence-electron chi connectivity index (χ2n) is 4.93. The molecule has 0 fully saturated rings. The summed E-state index contributed by atoms with van der Waals surface area (Å²) in [7, 11) is 0. The van der Waals surface area contributed by atoms with Crippen LogP contribution in [0.3, 0.4) is 0 Å². The van der Waals surface area contributed by atoms with Gasteiger partial charge in [0.25, 0.3) is 0 Å². The lowest BCUT2D eigenvalue weighted by atomic mass is 10.2. The average molecular weight is 284 g/mol. The molecule has 0 amide bonds. The third-order valence-electron chi connectivity index (χ3n) is 3.06. The highest BCUT2D eigenvalue weighted by atomic mass is 16.5. The molecule has 0 bridgehead atoms. The van der Waals surface area contributed by atoms with Crippen molar-refractivity contribution in [3.8, 4) is 11.5 Å². The maximum absolute atomic E-state index is 12.0. The van der Waals surface area contributed by atoms with Crippen LogP contribution in [0, 0.1) is 6.92 Å². The van der Waals surface area contributed by atoms with Crippen LogP contribution >= 0.6 is 0 Å². The Balaban J connectivity index is 1.96. The van der Waals surface area contributed by atoms with E-state index in [1.807, 2.05) is 25.1 Å². The second-order valence-corrected chi connectivity index (χ2v) is 4.93. The first kappa shape index (κ1) is 15.1. The fourth-order valence-corrected chi connectivity index (χ4v) is 1.87. The van der Waals surface area contributed by atoms with E-state index >= 15 is 0 Å². The summed E-state index contributed by atoms with van der Waals surface area (Å²) in [6, 6.07) is 14.5. The molecular formula is C18H20O3. The highest BCUT2D eigenvalue weighted by molar-refractivity contribution is 5.91. The highest BCUT2D eigenvalue weighted by Gasteiger charge is 2.08. The minimum Gasteiger partial charge on any atom is -0.494 e. The first-order valence-electron chi connectivity index (χ1n) is 7.21. The van der Waals surface area contributed by atoms with Gasteiger partial charge in [-0.3, -0.25) is 0 Å². The zero-order valence-electron chi connectivity index (χ0n) is 12.5. The number of benzene rings is 2. The minimum atomic E-state index is -0.360. The number of hydrogen-bond donors (Lipinski definition) is 0. The van der Waals surface area contributed by atoms with Crippen LogP contribution in [-0.4, -0.2) is 12.6 Å². The fourth-order valence-electron chi connectivity index (χ4n) is 1.87. The van der Waals surface area contributed by atoms with Crippen LogP contribution in [0.1, 0.15) is 35.7 Å². The Labute approximate surface area is 125 Å². The summed E-state index contributed by atoms with van der Waals surface area (Å²) in [4.78, 5) is 12.0. The van der Waals surface area contributed by atoms with Gasteiger partial charge in [0.1, 0.15) is 11.5 Å². The number of carbonyl (C=O) groups excluding carboxylic acids is 1. The van der Waals surface area contributed by atoms with Crippen molar-refractivity contribution in [3.63, 3.8) is 0 Å². The lowest BCUT2D eigenvalue weighted by Crippen LogP contribution is -2.08. The molecule has 2 rings (SSSR count). The largest absolute Gasteiger partial charge is 0.494 e. The van der Waals surface area contributed by atoms with Gasteiger partial charge in [0, 0.05) is 0 Å². The fraction of sp³-hybridized carbons (Fsp3) is 0.278. The molecule has 0 saturated heterocycles. The summed E-state index contributed by atoms with van der Waals surface area (Å²) in [5.74, 6) is 0.972. The molecule has 3 heteroatoms. The summed E-state index contributed by atoms with van der Waals surface area (Å²) < 4.78 is 10.9. The van der Waals surface area contributed by atoms with Gasteiger partial charge in [-0.05, 0) is 55.3 Å². The van der Waals surface area contributed by atoms with Gasteiger partial charge in [-0.25, -0.2) is 4.79 Å². The van der Waals surface area contributed by atoms with Crippen molar-refractivity contribution in [2.75, 3.05) is 6.61 Å². The van der Waals surface area contributed by atoms with Crippen LogP contribution in [0.4, 0.5) is 0 Å². The van der Waals surface area contributed by atoms with Gasteiger partial charge in [0.05, 0.1) is 12.2 Å². The standard InChI is InChI=1S/C18H20O3/c1-3-4-12-20-16-10-8-15(9-11-16)18(19)21-17-7-5-6-14(2)13-17/h5-11,13H,3-4,12H2,1-2H3. The number of rotatable bonds is 6. The molecule has 0 spiro atoms. The third-order valence-corrected chi connectivity index (χ3v) is 3.06. The van der Waals surface area contributed by atoms with E-state index in [0.717, 1.165) is 24.2 Å². The quantitative estimate of drug-likeness (QED) is 0.448. The van der Waals surface area contributed by atoms with E-state index in [1.165, 1.54) is 0 Å². The molecule has 0 aliphatic carbocycles. The van der Waals surface area contributed by atoms with Crippen molar-refractivity contribution in [3.05, 3.63) is 59.7 Å². The molecule has 0 aromatic heterocycles. The number of esters is 1. The smallest absolute Gasteiger partial charge is 0.343 e. The van der Waals surface area contributed by atoms with Crippen molar-refractivity contribution in [2.45, 2.75) is 26.7 Å². The molecule has 0 radical (unpaired) electrons. The number of ether oxygens (including phenoxy) is 2. The lowest BCUT2D eigenvalue weighted by Gasteiger charge is -2.07. The molecule has 0 atom stereocenters. The van der Waals surface area contributed by atoms with Gasteiger partial charge in [0.2, 0.25) is 0 Å². The monoisotopic (exact) mass is 284 g/mol. The Morgan fingerprint density at radius 3 is 2.48 bits per heavy atom. The summed E-state index contributed by atoms with van der Waals surface area (Å²) in [5, 5.41) is 0. The zero-order chi connectivity index (χ0) is 15.1. The molecule has 0 N–H and O–H groups in total. The Bertz CT molecular complexity index is 588. The molecule has 0 unspecified atom stereocenters. The maximum atomic E-state index is 12.0. The van der Waals surface area contributed by atoms with Gasteiger partial charge in [-0.15, -0.1) is 0 Å². The summed E-state index contributed by atoms with van der Waals surface area (Å²) in [6.07, 6.45) is 2.12. The molecule has 2 aromatic rings. The lowest BCUT2D eigenvalue weighted by molar-refractivity contribution is 0.0734. The molecular weight excluding hydrogens is 264 g/mol. The Morgan fingerprint density at radius 1 is 1.05 bits per heavy atom. The van der Waals surface area contributed by atoms with Crippen molar-refractivity contribution >= 4 is 5.97 Å². The van der Waals surface area contributed by atoms with Crippen LogP contribution in [0.2, 0.25) is 0 Å². The van der Waals surface area contributed by atoms with Crippen molar-refractivity contribution in [1.29, 1.82) is 0 Å². The Kier molecular flexibility index (Phi) is 5.38. The van der Waals surface area contributed by atoms with E-state index in [9.17, 15) is 4.79 Å². The minimum absolute atomic E-state index is 0.360. The molecule has 0 saturated carbocycles. The van der Waals surface area contributed by atoms with Crippen molar-refractivity contribution in [2.24, 2.45) is 0 Å². The van der Waals surface area contributed by atoms with E-state index in [1.54, 1.807) is 30.3 Å². The average Bonchev–Trinajstić information content (AvgIpc) is 2.48. The van der Waals surface area contributed by atoms with E-state index < -0.39 is 0 Å². The zero-order valence-corrected chi connectivity index (χ0v) is 12.5. The summed E-state index contributed by atoms with van der Waals surface area (Å²) in [5.41, 5.74) is 1.57. The van der Waals surface area contributed by atoms with E-state index in [2.05, 4.69) is 6.92 Å². The number of hydrogen-bond acceptors (Lipinski definition) is 3. The van der Waals surface area contributed by atoms with Crippen LogP contribution in [0.25, 0.3) is 0 Å². The first-order valence-corrected chi connectivity index (χ1v) is 7.21. The number of unbranched alkanes of at least 4 members (excludes halogenated alkanes) is 1. The SMILES string of the molecule is CCCCOc1ccc(C(=O)Oc2cccc(C)c2)cc1. The summed E-state index contributed by atoms with van der Waals surface area (Å²) in [6.45, 7) is 4.77. The van der Waals surface area contributed by atoms with Crippen LogP contribution in [0.15, 0.2) is 48.5 Å². The third kappa shape index (κ3) is 4.63. The predicted molar refractivity (Wildman–Crippen MR) is 83.0 cm³/mol. The Morgan fingerprint density at radius 2 is 1.81 bits per heavy atom. The van der Waals surface area contributed by atoms with Gasteiger partial charge in [-0.1, -0.05) is 25.5 Å². The molecule has 0 heterocycles. The van der Waals surface area contributed by atoms with Crippen LogP contribution < -0.4 is 9.47 Å². The molecule has 0 aliphatic heterocycles. The first-order chi connectivity index (χ1) is 10.2. The molecule has 0 aliphatic rings. The molecule has 21 heavy (non-hydrogen) atoms. The van der Waals surface area contributed by atoms with Gasteiger partial charge < -0.3 is 9.47 Å². The van der Waals surface area contributed by atoms with Gasteiger partial charge in [0.15, 0.2) is 0 Å². The van der Waals surface area contributed by atoms with E-state index in [4.69, 9.17) is 9.47 Å². The van der Waals surface area contributed by atoms with Gasteiger partial charge in [-0.2, -0.15) is 0 Å². The number of carbonyl (C=O) groups is 1. The predicted octanol–water partition coefficient (Wildman–Crippen LogP) is 4.39. The van der Waals surface area contributed by atoms with Crippen molar-refractivity contribution in [1.82, 2.24) is 0 Å². The van der Waals surface area contributed by atoms with E-state index in [0.29, 0.717) is 17.9 Å². The van der Waals surface area contributed by atoms with Crippen molar-refractivity contribution < 1.29 is 14.3 Å². The van der Waals surface area contributed by atoms with E-state index in [-0.39, 0.29) is 5.97 Å². The van der Waals surface area contributed by atoms with Crippen LogP contribution in [-0.2, 0) is 0 Å². The number of aryl methyl sites for hydroxylation is 1. The molecule has 110 valence electrons. The molecule has 2 aromatic carbocycles. The second kappa shape index (κ2) is 7.48. The normalized spacial score (nSPS) is 10.2. The van der Waals surface area contributed by atoms with Crippen LogP contribution in [0.5, 0.6) is 11.5 Å². The highest BCUT2D eigenvalue weighted by Crippen LogP contribution is 2.17. The Hall–Kier alpha value is -2.29. The summed E-state index contributed by atoms with van der Waals surface area (Å²) >= 11 is 0. The van der Waals surface area contributed by atoms with Gasteiger partial charge >= 0.3 is 5.97 Å².